The summed E-state index contributed by atoms with van der Waals surface area (Å²) in [6, 6.07) is 7.64. The molecule has 1 spiro atoms. The highest BCUT2D eigenvalue weighted by molar-refractivity contribution is 7.80. The van der Waals surface area contributed by atoms with Crippen molar-refractivity contribution in [1.82, 2.24) is 10.6 Å². The average Bonchev–Trinajstić information content (AvgIpc) is 2.72. The number of rotatable bonds is 0. The van der Waals surface area contributed by atoms with E-state index in [0.29, 0.717) is 11.5 Å². The van der Waals surface area contributed by atoms with E-state index in [-0.39, 0.29) is 6.03 Å². The minimum absolute atomic E-state index is 0.224. The Hall–Kier alpha value is -1.62. The van der Waals surface area contributed by atoms with Gasteiger partial charge in [-0.15, -0.1) is 0 Å². The largest absolute Gasteiger partial charge is 0.382 e. The lowest BCUT2D eigenvalue weighted by Crippen LogP contribution is -2.44. The molecule has 1 atom stereocenters. The van der Waals surface area contributed by atoms with Crippen molar-refractivity contribution in [3.05, 3.63) is 29.8 Å². The van der Waals surface area contributed by atoms with E-state index in [2.05, 4.69) is 16.0 Å². The monoisotopic (exact) mass is 219 g/mol. The zero-order chi connectivity index (χ0) is 10.5. The van der Waals surface area contributed by atoms with Gasteiger partial charge in [0.25, 0.3) is 0 Å². The second-order valence-electron chi connectivity index (χ2n) is 3.71. The molecule has 5 heteroatoms. The maximum atomic E-state index is 11.3. The Labute approximate surface area is 92.0 Å². The van der Waals surface area contributed by atoms with E-state index < -0.39 is 5.54 Å². The number of benzene rings is 1. The van der Waals surface area contributed by atoms with Gasteiger partial charge in [-0.3, -0.25) is 5.32 Å². The maximum absolute atomic E-state index is 11.3. The Kier molecular flexibility index (Phi) is 1.56. The highest BCUT2D eigenvalue weighted by Gasteiger charge is 2.48. The Bertz CT molecular complexity index is 473. The first-order valence-corrected chi connectivity index (χ1v) is 5.10. The normalized spacial score (nSPS) is 27.2. The highest BCUT2D eigenvalue weighted by atomic mass is 32.1. The fourth-order valence-corrected chi connectivity index (χ4v) is 2.46. The summed E-state index contributed by atoms with van der Waals surface area (Å²) in [6.45, 7) is 0.615. The average molecular weight is 219 g/mol. The van der Waals surface area contributed by atoms with Crippen LogP contribution < -0.4 is 16.0 Å². The molecular formula is C10H9N3OS. The number of nitrogens with one attached hydrogen (secondary N) is 3. The predicted molar refractivity (Wildman–Crippen MR) is 60.9 cm³/mol. The number of anilines is 1. The van der Waals surface area contributed by atoms with Gasteiger partial charge < -0.3 is 10.6 Å². The number of hydrogen-bond acceptors (Lipinski definition) is 3. The van der Waals surface area contributed by atoms with Crippen LogP contribution in [0, 0.1) is 0 Å². The van der Waals surface area contributed by atoms with E-state index in [1.807, 2.05) is 24.3 Å². The van der Waals surface area contributed by atoms with Crippen LogP contribution in [0.1, 0.15) is 5.56 Å². The Morgan fingerprint density at radius 3 is 2.87 bits per heavy atom. The maximum Gasteiger partial charge on any atom is 0.320 e. The van der Waals surface area contributed by atoms with Gasteiger partial charge in [0.15, 0.2) is 0 Å². The van der Waals surface area contributed by atoms with Crippen LogP contribution in [0.5, 0.6) is 0 Å². The molecule has 2 amide bonds. The van der Waals surface area contributed by atoms with E-state index in [1.165, 1.54) is 0 Å². The Morgan fingerprint density at radius 1 is 1.33 bits per heavy atom. The van der Waals surface area contributed by atoms with Gasteiger partial charge >= 0.3 is 6.03 Å². The van der Waals surface area contributed by atoms with Crippen LogP contribution in [0.3, 0.4) is 0 Å². The van der Waals surface area contributed by atoms with E-state index in [1.54, 1.807) is 0 Å². The summed E-state index contributed by atoms with van der Waals surface area (Å²) >= 11 is 5.21. The second kappa shape index (κ2) is 2.70. The lowest BCUT2D eigenvalue weighted by Gasteiger charge is -2.21. The molecule has 0 aromatic heterocycles. The van der Waals surface area contributed by atoms with Crippen molar-refractivity contribution in [3.8, 4) is 0 Å². The Balaban J connectivity index is 2.17. The van der Waals surface area contributed by atoms with E-state index in [9.17, 15) is 4.79 Å². The molecule has 3 N–H and O–H groups in total. The van der Waals surface area contributed by atoms with E-state index >= 15 is 0 Å². The van der Waals surface area contributed by atoms with Crippen LogP contribution in [0.25, 0.3) is 0 Å². The third-order valence-electron chi connectivity index (χ3n) is 2.87. The van der Waals surface area contributed by atoms with Crippen molar-refractivity contribution in [2.75, 3.05) is 11.9 Å². The SMILES string of the molecule is O=C1NC(=S)C2(CNc3ccccc32)N1. The summed E-state index contributed by atoms with van der Waals surface area (Å²) in [7, 11) is 0. The molecule has 15 heavy (non-hydrogen) atoms. The van der Waals surface area contributed by atoms with Gasteiger partial charge in [-0.2, -0.15) is 0 Å². The molecule has 1 fully saturated rings. The fraction of sp³-hybridized carbons (Fsp3) is 0.200. The molecule has 2 aliphatic heterocycles. The van der Waals surface area contributed by atoms with E-state index in [4.69, 9.17) is 12.2 Å². The van der Waals surface area contributed by atoms with Crippen molar-refractivity contribution in [3.63, 3.8) is 0 Å². The molecule has 4 nitrogen and oxygen atoms in total. The van der Waals surface area contributed by atoms with Crippen molar-refractivity contribution in [2.45, 2.75) is 5.54 Å². The Morgan fingerprint density at radius 2 is 2.13 bits per heavy atom. The molecule has 76 valence electrons. The summed E-state index contributed by atoms with van der Waals surface area (Å²) in [5, 5.41) is 8.75. The summed E-state index contributed by atoms with van der Waals surface area (Å²) in [5.74, 6) is 0. The van der Waals surface area contributed by atoms with Crippen LogP contribution in [0.15, 0.2) is 24.3 Å². The van der Waals surface area contributed by atoms with Crippen molar-refractivity contribution in [2.24, 2.45) is 0 Å². The summed E-state index contributed by atoms with van der Waals surface area (Å²) < 4.78 is 0. The van der Waals surface area contributed by atoms with Crippen LogP contribution in [0.4, 0.5) is 10.5 Å². The molecule has 0 bridgehead atoms. The number of carbonyl (C=O) groups excluding carboxylic acids is 1. The number of amides is 2. The fourth-order valence-electron chi connectivity index (χ4n) is 2.14. The predicted octanol–water partition coefficient (Wildman–Crippen LogP) is 0.948. The molecule has 0 saturated carbocycles. The van der Waals surface area contributed by atoms with Gasteiger partial charge in [0.2, 0.25) is 0 Å². The lowest BCUT2D eigenvalue weighted by molar-refractivity contribution is 0.245. The van der Waals surface area contributed by atoms with Crippen LogP contribution >= 0.6 is 12.2 Å². The van der Waals surface area contributed by atoms with Gasteiger partial charge in [0.1, 0.15) is 10.5 Å². The van der Waals surface area contributed by atoms with Crippen molar-refractivity contribution < 1.29 is 4.79 Å². The minimum Gasteiger partial charge on any atom is -0.382 e. The van der Waals surface area contributed by atoms with Gasteiger partial charge in [-0.05, 0) is 6.07 Å². The molecule has 0 aliphatic carbocycles. The minimum atomic E-state index is -0.539. The standard InChI is InChI=1S/C10H9N3OS/c14-9-12-8(15)10(13-9)5-11-7-4-2-1-3-6(7)10/h1-4,11H,5H2,(H2,12,13,14,15). The van der Waals surface area contributed by atoms with Gasteiger partial charge in [-0.25, -0.2) is 4.79 Å². The van der Waals surface area contributed by atoms with Crippen molar-refractivity contribution >= 4 is 28.9 Å². The third kappa shape index (κ3) is 1.01. The molecule has 1 aromatic carbocycles. The highest BCUT2D eigenvalue weighted by Crippen LogP contribution is 2.36. The first kappa shape index (κ1) is 8.67. The number of urea groups is 1. The first-order chi connectivity index (χ1) is 7.22. The summed E-state index contributed by atoms with van der Waals surface area (Å²) in [6.07, 6.45) is 0. The van der Waals surface area contributed by atoms with E-state index in [0.717, 1.165) is 11.3 Å². The quantitative estimate of drug-likeness (QED) is 0.569. The summed E-state index contributed by atoms with van der Waals surface area (Å²) in [5.41, 5.74) is 1.53. The molecular weight excluding hydrogens is 210 g/mol. The van der Waals surface area contributed by atoms with Crippen LogP contribution in [-0.4, -0.2) is 17.6 Å². The molecule has 1 saturated heterocycles. The molecule has 0 radical (unpaired) electrons. The number of thiocarbonyl (C=S) groups is 1. The van der Waals surface area contributed by atoms with Crippen LogP contribution in [0.2, 0.25) is 0 Å². The number of carbonyl (C=O) groups is 1. The lowest BCUT2D eigenvalue weighted by atomic mass is 9.93. The zero-order valence-electron chi connectivity index (χ0n) is 7.83. The third-order valence-corrected chi connectivity index (χ3v) is 3.32. The molecule has 2 aliphatic rings. The van der Waals surface area contributed by atoms with Crippen LogP contribution in [-0.2, 0) is 5.54 Å². The number of para-hydroxylation sites is 1. The number of hydrogen-bond donors (Lipinski definition) is 3. The zero-order valence-corrected chi connectivity index (χ0v) is 8.65. The molecule has 3 rings (SSSR count). The van der Waals surface area contributed by atoms with Crippen molar-refractivity contribution in [1.29, 1.82) is 0 Å². The first-order valence-electron chi connectivity index (χ1n) is 4.69. The topological polar surface area (TPSA) is 53.2 Å². The number of fused-ring (bicyclic) bond motifs is 2. The summed E-state index contributed by atoms with van der Waals surface area (Å²) in [4.78, 5) is 11.8. The molecule has 1 aromatic rings. The molecule has 1 unspecified atom stereocenters. The molecule has 2 heterocycles. The van der Waals surface area contributed by atoms with Gasteiger partial charge in [0, 0.05) is 17.8 Å². The van der Waals surface area contributed by atoms with Gasteiger partial charge in [-0.1, -0.05) is 30.4 Å². The second-order valence-corrected chi connectivity index (χ2v) is 4.12. The van der Waals surface area contributed by atoms with Gasteiger partial charge in [0.05, 0.1) is 0 Å². The smallest absolute Gasteiger partial charge is 0.320 e.